The van der Waals surface area contributed by atoms with Crippen molar-refractivity contribution in [3.63, 3.8) is 0 Å². The average Bonchev–Trinajstić information content (AvgIpc) is 2.77. The summed E-state index contributed by atoms with van der Waals surface area (Å²) >= 11 is 0. The van der Waals surface area contributed by atoms with E-state index in [2.05, 4.69) is 29.4 Å². The fraction of sp³-hybridized carbons (Fsp3) is 0.263. The molecule has 0 aliphatic rings. The number of rotatable bonds is 11. The van der Waals surface area contributed by atoms with Gasteiger partial charge in [0.2, 0.25) is 5.88 Å². The molecule has 0 fully saturated rings. The quantitative estimate of drug-likeness (QED) is 0.300. The maximum absolute atomic E-state index is 12.4. The molecule has 3 rings (SSSR count). The van der Waals surface area contributed by atoms with E-state index in [1.165, 1.54) is 18.7 Å². The summed E-state index contributed by atoms with van der Waals surface area (Å²) in [7, 11) is 7.48. The van der Waals surface area contributed by atoms with Crippen LogP contribution in [0.5, 0.6) is 11.9 Å². The van der Waals surface area contributed by atoms with Crippen molar-refractivity contribution in [3.8, 4) is 23.0 Å². The largest absolute Gasteiger partial charge is 0.473 e. The van der Waals surface area contributed by atoms with Crippen LogP contribution in [0.3, 0.4) is 0 Å². The molecule has 0 atom stereocenters. The summed E-state index contributed by atoms with van der Waals surface area (Å²) in [4.78, 5) is 16.1. The zero-order valence-corrected chi connectivity index (χ0v) is 18.2. The van der Waals surface area contributed by atoms with Crippen LogP contribution >= 0.6 is 0 Å². The molecule has 162 valence electrons. The van der Waals surface area contributed by atoms with Crippen LogP contribution in [-0.4, -0.2) is 63.8 Å². The van der Waals surface area contributed by atoms with Crippen LogP contribution < -0.4 is 29.8 Å². The highest BCUT2D eigenvalue weighted by Crippen LogP contribution is 2.33. The molecule has 0 aliphatic heterocycles. The Labute approximate surface area is 189 Å². The van der Waals surface area contributed by atoms with Gasteiger partial charge < -0.3 is 9.47 Å². The fourth-order valence-electron chi connectivity index (χ4n) is 2.54. The SMILES string of the molecule is [B]c1ccc(-c2c(NS(=O)(=O)NCCC)ncnc2OCCOc2ncc([B])cn2)cc1. The van der Waals surface area contributed by atoms with E-state index >= 15 is 0 Å². The van der Waals surface area contributed by atoms with E-state index in [4.69, 9.17) is 25.2 Å². The Bertz CT molecular complexity index is 1130. The van der Waals surface area contributed by atoms with E-state index in [0.717, 1.165) is 0 Å². The average molecular weight is 450 g/mol. The molecule has 0 bridgehead atoms. The highest BCUT2D eigenvalue weighted by Gasteiger charge is 2.19. The number of ether oxygens (including phenoxy) is 2. The van der Waals surface area contributed by atoms with Crippen molar-refractivity contribution in [2.24, 2.45) is 0 Å². The Morgan fingerprint density at radius 1 is 0.938 bits per heavy atom. The summed E-state index contributed by atoms with van der Waals surface area (Å²) in [6.45, 7) is 2.35. The Kier molecular flexibility index (Phi) is 8.01. The van der Waals surface area contributed by atoms with Gasteiger partial charge in [-0.3, -0.25) is 4.72 Å². The van der Waals surface area contributed by atoms with Gasteiger partial charge in [-0.1, -0.05) is 42.1 Å². The Balaban J connectivity index is 1.81. The summed E-state index contributed by atoms with van der Waals surface area (Å²) in [5.41, 5.74) is 1.95. The Morgan fingerprint density at radius 2 is 1.62 bits per heavy atom. The molecule has 0 saturated heterocycles. The molecule has 0 unspecified atom stereocenters. The van der Waals surface area contributed by atoms with E-state index in [1.54, 1.807) is 24.3 Å². The third kappa shape index (κ3) is 6.66. The third-order valence-corrected chi connectivity index (χ3v) is 5.03. The van der Waals surface area contributed by atoms with Gasteiger partial charge in [0.05, 0.1) is 5.56 Å². The van der Waals surface area contributed by atoms with Gasteiger partial charge in [-0.05, 0) is 12.0 Å². The van der Waals surface area contributed by atoms with Gasteiger partial charge in [0.25, 0.3) is 10.2 Å². The lowest BCUT2D eigenvalue weighted by atomic mass is 9.94. The van der Waals surface area contributed by atoms with Crippen molar-refractivity contribution in [2.75, 3.05) is 24.5 Å². The number of nitrogens with zero attached hydrogens (tertiary/aromatic N) is 4. The molecule has 32 heavy (non-hydrogen) atoms. The van der Waals surface area contributed by atoms with Crippen LogP contribution in [0, 0.1) is 0 Å². The standard InChI is InChI=1S/C19H20B2N6O4S/c1-2-7-26-32(28,29)27-17-16(13-3-5-14(20)6-4-13)18(25-12-24-17)30-8-9-31-19-22-10-15(21)11-23-19/h3-6,10-12,26H,2,7-9H2,1H3,(H,24,25,27). The van der Waals surface area contributed by atoms with Crippen molar-refractivity contribution >= 4 is 42.6 Å². The summed E-state index contributed by atoms with van der Waals surface area (Å²) < 4.78 is 40.8. The summed E-state index contributed by atoms with van der Waals surface area (Å²) in [6.07, 6.45) is 4.70. The Morgan fingerprint density at radius 3 is 2.31 bits per heavy atom. The molecule has 3 aromatic rings. The lowest BCUT2D eigenvalue weighted by Gasteiger charge is -2.16. The molecule has 4 radical (unpaired) electrons. The lowest BCUT2D eigenvalue weighted by molar-refractivity contribution is 0.202. The van der Waals surface area contributed by atoms with Crippen LogP contribution in [0.1, 0.15) is 13.3 Å². The lowest BCUT2D eigenvalue weighted by Crippen LogP contribution is -2.31. The molecule has 0 aliphatic carbocycles. The maximum Gasteiger partial charge on any atom is 0.316 e. The highest BCUT2D eigenvalue weighted by molar-refractivity contribution is 7.90. The molecular formula is C19H20B2N6O4S. The van der Waals surface area contributed by atoms with Crippen molar-refractivity contribution in [1.29, 1.82) is 0 Å². The number of hydrogen-bond acceptors (Lipinski definition) is 8. The van der Waals surface area contributed by atoms with Gasteiger partial charge in [-0.15, -0.1) is 0 Å². The van der Waals surface area contributed by atoms with Gasteiger partial charge in [-0.25, -0.2) is 19.9 Å². The molecule has 10 nitrogen and oxygen atoms in total. The van der Waals surface area contributed by atoms with E-state index in [0.29, 0.717) is 28.5 Å². The van der Waals surface area contributed by atoms with E-state index in [9.17, 15) is 8.42 Å². The summed E-state index contributed by atoms with van der Waals surface area (Å²) in [5.74, 6) is 0.228. The van der Waals surface area contributed by atoms with Gasteiger partial charge in [-0.2, -0.15) is 13.1 Å². The molecule has 13 heteroatoms. The summed E-state index contributed by atoms with van der Waals surface area (Å²) in [6, 6.07) is 6.95. The minimum atomic E-state index is -3.84. The molecule has 2 heterocycles. The molecular weight excluding hydrogens is 430 g/mol. The van der Waals surface area contributed by atoms with Gasteiger partial charge in [0.1, 0.15) is 35.2 Å². The maximum atomic E-state index is 12.4. The third-order valence-electron chi connectivity index (χ3n) is 3.99. The van der Waals surface area contributed by atoms with Crippen LogP contribution in [0.4, 0.5) is 5.82 Å². The first-order valence-corrected chi connectivity index (χ1v) is 11.2. The van der Waals surface area contributed by atoms with E-state index in [-0.39, 0.29) is 37.5 Å². The first-order valence-electron chi connectivity index (χ1n) is 9.69. The number of aromatic nitrogens is 4. The van der Waals surface area contributed by atoms with E-state index < -0.39 is 10.2 Å². The zero-order valence-electron chi connectivity index (χ0n) is 17.4. The first kappa shape index (κ1) is 23.5. The molecule has 2 aromatic heterocycles. The minimum absolute atomic E-state index is 0.0613. The smallest absolute Gasteiger partial charge is 0.316 e. The van der Waals surface area contributed by atoms with Crippen molar-refractivity contribution in [3.05, 3.63) is 43.0 Å². The van der Waals surface area contributed by atoms with Crippen molar-refractivity contribution < 1.29 is 17.9 Å². The predicted octanol–water partition coefficient (Wildman–Crippen LogP) is -0.365. The highest BCUT2D eigenvalue weighted by atomic mass is 32.2. The van der Waals surface area contributed by atoms with Crippen molar-refractivity contribution in [1.82, 2.24) is 24.7 Å². The summed E-state index contributed by atoms with van der Waals surface area (Å²) in [5, 5.41) is 0. The number of hydrogen-bond donors (Lipinski definition) is 2. The second kappa shape index (κ2) is 10.9. The first-order chi connectivity index (χ1) is 15.4. The fourth-order valence-corrected chi connectivity index (χ4v) is 3.49. The van der Waals surface area contributed by atoms with Crippen LogP contribution in [-0.2, 0) is 10.2 Å². The number of anilines is 1. The second-order valence-electron chi connectivity index (χ2n) is 6.52. The van der Waals surface area contributed by atoms with Gasteiger partial charge in [0.15, 0.2) is 5.82 Å². The predicted molar refractivity (Wildman–Crippen MR) is 122 cm³/mol. The molecule has 0 saturated carbocycles. The molecule has 1 aromatic carbocycles. The molecule has 0 spiro atoms. The van der Waals surface area contributed by atoms with Crippen LogP contribution in [0.15, 0.2) is 43.0 Å². The normalized spacial score (nSPS) is 11.2. The molecule has 2 N–H and O–H groups in total. The number of nitrogens with one attached hydrogen (secondary N) is 2. The zero-order chi connectivity index (χ0) is 23.0. The van der Waals surface area contributed by atoms with Gasteiger partial charge in [0, 0.05) is 18.9 Å². The second-order valence-corrected chi connectivity index (χ2v) is 8.02. The number of benzene rings is 1. The van der Waals surface area contributed by atoms with Crippen LogP contribution in [0.2, 0.25) is 0 Å². The molecule has 0 amide bonds. The van der Waals surface area contributed by atoms with E-state index in [1.807, 2.05) is 6.92 Å². The Hall–Kier alpha value is -3.18. The monoisotopic (exact) mass is 450 g/mol. The van der Waals surface area contributed by atoms with Crippen molar-refractivity contribution in [2.45, 2.75) is 13.3 Å². The van der Waals surface area contributed by atoms with Gasteiger partial charge >= 0.3 is 6.01 Å². The van der Waals surface area contributed by atoms with Crippen LogP contribution in [0.25, 0.3) is 11.1 Å². The minimum Gasteiger partial charge on any atom is -0.473 e. The topological polar surface area (TPSA) is 128 Å².